The first-order valence-corrected chi connectivity index (χ1v) is 7.08. The van der Waals surface area contributed by atoms with E-state index in [9.17, 15) is 14.9 Å². The molecule has 2 rings (SSSR count). The average molecular weight is 360 g/mol. The van der Waals surface area contributed by atoms with Gasteiger partial charge in [-0.15, -0.1) is 0 Å². The summed E-state index contributed by atoms with van der Waals surface area (Å²) in [5, 5.41) is 20.3. The Labute approximate surface area is 140 Å². The maximum atomic E-state index is 11.2. The number of rotatable bonds is 6. The number of carboxylic acids is 1. The lowest BCUT2D eigenvalue weighted by atomic mass is 10.2. The standard InChI is InChI=1S/C13H11Cl2N3O5/c1-7-16-6-11(18(21)22)17(7)2-3-23-12-9(13(19)20)4-8(14)5-10(12)15/h4-6H,2-3H2,1H3,(H,19,20). The maximum absolute atomic E-state index is 11.2. The summed E-state index contributed by atoms with van der Waals surface area (Å²) < 4.78 is 6.76. The molecule has 0 fully saturated rings. The Kier molecular flexibility index (Phi) is 5.07. The summed E-state index contributed by atoms with van der Waals surface area (Å²) in [5.74, 6) is -1.01. The fourth-order valence-corrected chi connectivity index (χ4v) is 2.53. The van der Waals surface area contributed by atoms with Gasteiger partial charge in [-0.1, -0.05) is 23.2 Å². The average Bonchev–Trinajstić information content (AvgIpc) is 2.82. The molecule has 2 aromatic rings. The summed E-state index contributed by atoms with van der Waals surface area (Å²) in [6, 6.07) is 2.58. The second kappa shape index (κ2) is 6.84. The van der Waals surface area contributed by atoms with Crippen LogP contribution in [-0.2, 0) is 6.54 Å². The van der Waals surface area contributed by atoms with Gasteiger partial charge in [-0.3, -0.25) is 0 Å². The van der Waals surface area contributed by atoms with Crippen LogP contribution in [0.3, 0.4) is 0 Å². The molecule has 0 radical (unpaired) electrons. The minimum absolute atomic E-state index is 0.0281. The number of carbonyl (C=O) groups is 1. The first-order valence-electron chi connectivity index (χ1n) is 6.33. The SMILES string of the molecule is Cc1ncc([N+](=O)[O-])n1CCOc1c(Cl)cc(Cl)cc1C(=O)O. The number of aryl methyl sites for hydroxylation is 1. The van der Waals surface area contributed by atoms with Gasteiger partial charge in [-0.25, -0.2) is 14.3 Å². The predicted octanol–water partition coefficient (Wildman–Crippen LogP) is 3.18. The molecule has 23 heavy (non-hydrogen) atoms. The fourth-order valence-electron chi connectivity index (χ4n) is 1.98. The van der Waals surface area contributed by atoms with E-state index in [1.54, 1.807) is 6.92 Å². The van der Waals surface area contributed by atoms with Crippen LogP contribution in [0.1, 0.15) is 16.2 Å². The highest BCUT2D eigenvalue weighted by Gasteiger charge is 2.19. The highest BCUT2D eigenvalue weighted by molar-refractivity contribution is 6.36. The van der Waals surface area contributed by atoms with Gasteiger partial charge in [0.1, 0.15) is 24.9 Å². The lowest BCUT2D eigenvalue weighted by molar-refractivity contribution is -0.392. The summed E-state index contributed by atoms with van der Waals surface area (Å²) >= 11 is 11.7. The van der Waals surface area contributed by atoms with Crippen molar-refractivity contribution in [3.63, 3.8) is 0 Å². The molecule has 0 saturated carbocycles. The van der Waals surface area contributed by atoms with Gasteiger partial charge in [0, 0.05) is 11.9 Å². The van der Waals surface area contributed by atoms with Gasteiger partial charge < -0.3 is 20.0 Å². The number of benzene rings is 1. The van der Waals surface area contributed by atoms with Gasteiger partial charge in [0.15, 0.2) is 11.6 Å². The Morgan fingerprint density at radius 1 is 1.48 bits per heavy atom. The van der Waals surface area contributed by atoms with E-state index < -0.39 is 10.9 Å². The predicted molar refractivity (Wildman–Crippen MR) is 82.5 cm³/mol. The van der Waals surface area contributed by atoms with Crippen molar-refractivity contribution in [2.75, 3.05) is 6.61 Å². The summed E-state index contributed by atoms with van der Waals surface area (Å²) in [4.78, 5) is 25.4. The molecule has 0 aliphatic rings. The zero-order chi connectivity index (χ0) is 17.1. The number of imidazole rings is 1. The molecule has 0 bridgehead atoms. The van der Waals surface area contributed by atoms with Crippen LogP contribution in [0.2, 0.25) is 10.0 Å². The summed E-state index contributed by atoms with van der Waals surface area (Å²) in [5.41, 5.74) is -0.181. The number of aromatic nitrogens is 2. The highest BCUT2D eigenvalue weighted by atomic mass is 35.5. The van der Waals surface area contributed by atoms with E-state index in [0.29, 0.717) is 5.82 Å². The van der Waals surface area contributed by atoms with Crippen molar-refractivity contribution in [3.8, 4) is 5.75 Å². The van der Waals surface area contributed by atoms with E-state index in [2.05, 4.69) is 4.98 Å². The molecule has 1 N–H and O–H groups in total. The van der Waals surface area contributed by atoms with Gasteiger partial charge in [-0.2, -0.15) is 0 Å². The zero-order valence-electron chi connectivity index (χ0n) is 11.8. The first-order chi connectivity index (χ1) is 10.8. The summed E-state index contributed by atoms with van der Waals surface area (Å²) in [7, 11) is 0. The molecule has 8 nitrogen and oxygen atoms in total. The molecule has 0 amide bonds. The number of hydrogen-bond donors (Lipinski definition) is 1. The number of nitrogens with zero attached hydrogens (tertiary/aromatic N) is 3. The molecule has 1 heterocycles. The van der Waals surface area contributed by atoms with Gasteiger partial charge in [0.25, 0.3) is 0 Å². The summed E-state index contributed by atoms with van der Waals surface area (Å²) in [6.07, 6.45) is 1.15. The largest absolute Gasteiger partial charge is 0.487 e. The number of halogens is 2. The Morgan fingerprint density at radius 2 is 2.17 bits per heavy atom. The van der Waals surface area contributed by atoms with Crippen molar-refractivity contribution in [1.82, 2.24) is 9.55 Å². The molecule has 10 heteroatoms. The number of carboxylic acid groups (broad SMARTS) is 1. The summed E-state index contributed by atoms with van der Waals surface area (Å²) in [6.45, 7) is 1.70. The molecule has 0 saturated heterocycles. The minimum atomic E-state index is -1.24. The molecule has 0 aliphatic carbocycles. The van der Waals surface area contributed by atoms with Crippen molar-refractivity contribution >= 4 is 35.0 Å². The van der Waals surface area contributed by atoms with Gasteiger partial charge in [-0.05, 0) is 17.1 Å². The normalized spacial score (nSPS) is 10.6. The lowest BCUT2D eigenvalue weighted by Crippen LogP contribution is -2.13. The van der Waals surface area contributed by atoms with Gasteiger partial charge >= 0.3 is 11.8 Å². The molecule has 122 valence electrons. The van der Waals surface area contributed by atoms with Crippen LogP contribution in [-0.4, -0.2) is 32.2 Å². The molecular weight excluding hydrogens is 349 g/mol. The fraction of sp³-hybridized carbons (Fsp3) is 0.231. The van der Waals surface area contributed by atoms with Crippen LogP contribution < -0.4 is 4.74 Å². The van der Waals surface area contributed by atoms with Crippen LogP contribution >= 0.6 is 23.2 Å². The quantitative estimate of drug-likeness (QED) is 0.626. The van der Waals surface area contributed by atoms with E-state index in [-0.39, 0.29) is 40.3 Å². The Bertz CT molecular complexity index is 775. The van der Waals surface area contributed by atoms with Gasteiger partial charge in [0.05, 0.1) is 5.02 Å². The maximum Gasteiger partial charge on any atom is 0.342 e. The number of hydrogen-bond acceptors (Lipinski definition) is 5. The second-order valence-electron chi connectivity index (χ2n) is 4.49. The molecule has 1 aromatic carbocycles. The third-order valence-electron chi connectivity index (χ3n) is 3.02. The first kappa shape index (κ1) is 17.0. The smallest absolute Gasteiger partial charge is 0.342 e. The minimum Gasteiger partial charge on any atom is -0.487 e. The van der Waals surface area contributed by atoms with E-state index >= 15 is 0 Å². The number of nitro groups is 1. The van der Waals surface area contributed by atoms with Crippen LogP contribution in [0.5, 0.6) is 5.75 Å². The third kappa shape index (κ3) is 3.72. The lowest BCUT2D eigenvalue weighted by Gasteiger charge is -2.11. The van der Waals surface area contributed by atoms with Crippen LogP contribution in [0.15, 0.2) is 18.3 Å². The second-order valence-corrected chi connectivity index (χ2v) is 5.33. The van der Waals surface area contributed by atoms with E-state index in [4.69, 9.17) is 33.0 Å². The van der Waals surface area contributed by atoms with Crippen molar-refractivity contribution in [3.05, 3.63) is 49.9 Å². The van der Waals surface area contributed by atoms with Crippen LogP contribution in [0.25, 0.3) is 0 Å². The third-order valence-corrected chi connectivity index (χ3v) is 3.52. The molecule has 0 spiro atoms. The number of ether oxygens (including phenoxy) is 1. The molecule has 1 aromatic heterocycles. The van der Waals surface area contributed by atoms with Crippen molar-refractivity contribution in [2.45, 2.75) is 13.5 Å². The topological polar surface area (TPSA) is 107 Å². The monoisotopic (exact) mass is 359 g/mol. The Balaban J connectivity index is 2.18. The molecule has 0 aliphatic heterocycles. The molecular formula is C13H11Cl2N3O5. The number of aromatic carboxylic acids is 1. The zero-order valence-corrected chi connectivity index (χ0v) is 13.3. The van der Waals surface area contributed by atoms with E-state index in [0.717, 1.165) is 6.20 Å². The molecule has 0 atom stereocenters. The highest BCUT2D eigenvalue weighted by Crippen LogP contribution is 2.32. The van der Waals surface area contributed by atoms with Crippen molar-refractivity contribution in [1.29, 1.82) is 0 Å². The molecule has 0 unspecified atom stereocenters. The Hall–Kier alpha value is -2.32. The van der Waals surface area contributed by atoms with Crippen molar-refractivity contribution < 1.29 is 19.6 Å². The van der Waals surface area contributed by atoms with Crippen molar-refractivity contribution in [2.24, 2.45) is 0 Å². The Morgan fingerprint density at radius 3 is 2.78 bits per heavy atom. The van der Waals surface area contributed by atoms with E-state index in [1.165, 1.54) is 16.7 Å². The van der Waals surface area contributed by atoms with Gasteiger partial charge in [0.2, 0.25) is 0 Å². The van der Waals surface area contributed by atoms with Crippen LogP contribution in [0, 0.1) is 17.0 Å². The van der Waals surface area contributed by atoms with E-state index in [1.807, 2.05) is 0 Å². The van der Waals surface area contributed by atoms with Crippen LogP contribution in [0.4, 0.5) is 5.82 Å².